The summed E-state index contributed by atoms with van der Waals surface area (Å²) in [6.45, 7) is 3.94. The first-order valence-electron chi connectivity index (χ1n) is 5.94. The Kier molecular flexibility index (Phi) is 5.85. The Morgan fingerprint density at radius 2 is 1.79 bits per heavy atom. The average Bonchev–Trinajstić information content (AvgIpc) is 2.26. The molecule has 7 heteroatoms. The SMILES string of the molecule is CCCC(C)N(C)S(=O)(=O)c1c(Br)cc(N)cc1Br. The summed E-state index contributed by atoms with van der Waals surface area (Å²) in [6.07, 6.45) is 1.76. The van der Waals surface area contributed by atoms with Crippen LogP contribution >= 0.6 is 31.9 Å². The van der Waals surface area contributed by atoms with Gasteiger partial charge in [0.25, 0.3) is 0 Å². The number of rotatable bonds is 5. The Labute approximate surface area is 131 Å². The third kappa shape index (κ3) is 3.71. The second-order valence-corrected chi connectivity index (χ2v) is 8.12. The van der Waals surface area contributed by atoms with Crippen molar-refractivity contribution in [2.75, 3.05) is 12.8 Å². The predicted molar refractivity (Wildman–Crippen MR) is 85.6 cm³/mol. The summed E-state index contributed by atoms with van der Waals surface area (Å²) in [5, 5.41) is 0. The number of halogens is 2. The van der Waals surface area contributed by atoms with E-state index in [-0.39, 0.29) is 10.9 Å². The van der Waals surface area contributed by atoms with Gasteiger partial charge in [-0.25, -0.2) is 8.42 Å². The predicted octanol–water partition coefficient (Wildman–Crippen LogP) is 3.60. The fourth-order valence-electron chi connectivity index (χ4n) is 1.81. The lowest BCUT2D eigenvalue weighted by molar-refractivity contribution is 0.368. The van der Waals surface area contributed by atoms with Crippen LogP contribution in [0.3, 0.4) is 0 Å². The molecular weight excluding hydrogens is 396 g/mol. The highest BCUT2D eigenvalue weighted by molar-refractivity contribution is 9.11. The van der Waals surface area contributed by atoms with E-state index < -0.39 is 10.0 Å². The molecule has 108 valence electrons. The zero-order chi connectivity index (χ0) is 14.8. The number of nitrogens with two attached hydrogens (primary N) is 1. The van der Waals surface area contributed by atoms with Gasteiger partial charge in [0.05, 0.1) is 0 Å². The van der Waals surface area contributed by atoms with Gasteiger partial charge in [-0.1, -0.05) is 13.3 Å². The number of anilines is 1. The average molecular weight is 414 g/mol. The summed E-state index contributed by atoms with van der Waals surface area (Å²) >= 11 is 6.55. The molecule has 1 rings (SSSR count). The summed E-state index contributed by atoms with van der Waals surface area (Å²) in [4.78, 5) is 0.215. The van der Waals surface area contributed by atoms with Gasteiger partial charge >= 0.3 is 0 Å². The normalized spacial score (nSPS) is 13.8. The van der Waals surface area contributed by atoms with E-state index >= 15 is 0 Å². The molecule has 19 heavy (non-hydrogen) atoms. The molecule has 0 aliphatic rings. The molecule has 4 nitrogen and oxygen atoms in total. The largest absolute Gasteiger partial charge is 0.399 e. The van der Waals surface area contributed by atoms with Crippen molar-refractivity contribution in [1.29, 1.82) is 0 Å². The molecule has 0 radical (unpaired) electrons. The van der Waals surface area contributed by atoms with Crippen LogP contribution in [0.1, 0.15) is 26.7 Å². The third-order valence-corrected chi connectivity index (χ3v) is 6.83. The molecule has 1 atom stereocenters. The van der Waals surface area contributed by atoms with Gasteiger partial charge in [-0.05, 0) is 57.3 Å². The summed E-state index contributed by atoms with van der Waals surface area (Å²) in [5.41, 5.74) is 6.19. The van der Waals surface area contributed by atoms with Crippen LogP contribution in [0.5, 0.6) is 0 Å². The number of hydrogen-bond acceptors (Lipinski definition) is 3. The molecule has 1 unspecified atom stereocenters. The molecule has 2 N–H and O–H groups in total. The molecule has 0 heterocycles. The van der Waals surface area contributed by atoms with Crippen molar-refractivity contribution in [3.8, 4) is 0 Å². The maximum atomic E-state index is 12.6. The van der Waals surface area contributed by atoms with Gasteiger partial charge in [0.2, 0.25) is 10.0 Å². The molecule has 1 aromatic rings. The summed E-state index contributed by atoms with van der Waals surface area (Å²) < 4.78 is 27.6. The molecule has 0 saturated carbocycles. The highest BCUT2D eigenvalue weighted by Crippen LogP contribution is 2.34. The zero-order valence-corrected chi connectivity index (χ0v) is 15.1. The number of benzene rings is 1. The molecule has 0 aliphatic heterocycles. The van der Waals surface area contributed by atoms with Gasteiger partial charge in [0, 0.05) is 27.7 Å². The lowest BCUT2D eigenvalue weighted by atomic mass is 10.2. The number of hydrogen-bond donors (Lipinski definition) is 1. The molecular formula is C12H18Br2N2O2S. The van der Waals surface area contributed by atoms with Gasteiger partial charge in [-0.3, -0.25) is 0 Å². The first-order valence-corrected chi connectivity index (χ1v) is 8.97. The minimum atomic E-state index is -3.55. The first kappa shape index (κ1) is 16.9. The van der Waals surface area contributed by atoms with Crippen LogP contribution in [-0.4, -0.2) is 25.8 Å². The molecule has 1 aromatic carbocycles. The summed E-state index contributed by atoms with van der Waals surface area (Å²) in [5.74, 6) is 0. The minimum absolute atomic E-state index is 0.0497. The molecule has 0 amide bonds. The summed E-state index contributed by atoms with van der Waals surface area (Å²) in [6, 6.07) is 3.14. The Morgan fingerprint density at radius 3 is 2.21 bits per heavy atom. The molecule has 0 aromatic heterocycles. The van der Waals surface area contributed by atoms with Crippen molar-refractivity contribution in [2.24, 2.45) is 0 Å². The standard InChI is InChI=1S/C12H18Br2N2O2S/c1-4-5-8(2)16(3)19(17,18)12-10(13)6-9(15)7-11(12)14/h6-8H,4-5,15H2,1-3H3. The Morgan fingerprint density at radius 1 is 1.32 bits per heavy atom. The molecule has 0 bridgehead atoms. The Hall–Kier alpha value is -0.110. The van der Waals surface area contributed by atoms with Gasteiger partial charge in [-0.2, -0.15) is 4.31 Å². The van der Waals surface area contributed by atoms with Gasteiger partial charge < -0.3 is 5.73 Å². The second kappa shape index (κ2) is 6.56. The van der Waals surface area contributed by atoms with Crippen molar-refractivity contribution in [3.05, 3.63) is 21.1 Å². The topological polar surface area (TPSA) is 63.4 Å². The van der Waals surface area contributed by atoms with Gasteiger partial charge in [0.15, 0.2) is 0 Å². The van der Waals surface area contributed by atoms with E-state index in [9.17, 15) is 8.42 Å². The zero-order valence-electron chi connectivity index (χ0n) is 11.2. The van der Waals surface area contributed by atoms with Crippen LogP contribution < -0.4 is 5.73 Å². The van der Waals surface area contributed by atoms with E-state index in [0.717, 1.165) is 12.8 Å². The maximum absolute atomic E-state index is 12.6. The number of sulfonamides is 1. The minimum Gasteiger partial charge on any atom is -0.399 e. The Balaban J connectivity index is 3.28. The first-order chi connectivity index (χ1) is 8.71. The molecule has 0 saturated heterocycles. The lowest BCUT2D eigenvalue weighted by Crippen LogP contribution is -2.35. The monoisotopic (exact) mass is 412 g/mol. The fourth-order valence-corrected chi connectivity index (χ4v) is 5.73. The van der Waals surface area contributed by atoms with E-state index in [2.05, 4.69) is 31.9 Å². The van der Waals surface area contributed by atoms with Crippen LogP contribution in [0.2, 0.25) is 0 Å². The summed E-state index contributed by atoms with van der Waals surface area (Å²) in [7, 11) is -1.95. The van der Waals surface area contributed by atoms with E-state index in [1.54, 1.807) is 19.2 Å². The highest BCUT2D eigenvalue weighted by Gasteiger charge is 2.29. The molecule has 0 fully saturated rings. The highest BCUT2D eigenvalue weighted by atomic mass is 79.9. The van der Waals surface area contributed by atoms with E-state index in [1.807, 2.05) is 13.8 Å². The number of nitrogen functional groups attached to an aromatic ring is 1. The van der Waals surface area contributed by atoms with E-state index in [0.29, 0.717) is 14.6 Å². The molecule has 0 aliphatic carbocycles. The second-order valence-electron chi connectivity index (χ2n) is 4.47. The van der Waals surface area contributed by atoms with E-state index in [1.165, 1.54) is 4.31 Å². The quantitative estimate of drug-likeness (QED) is 0.750. The van der Waals surface area contributed by atoms with Crippen molar-refractivity contribution in [3.63, 3.8) is 0 Å². The fraction of sp³-hybridized carbons (Fsp3) is 0.500. The van der Waals surface area contributed by atoms with Gasteiger partial charge in [-0.15, -0.1) is 0 Å². The maximum Gasteiger partial charge on any atom is 0.245 e. The van der Waals surface area contributed by atoms with Crippen molar-refractivity contribution >= 4 is 47.6 Å². The van der Waals surface area contributed by atoms with Crippen molar-refractivity contribution < 1.29 is 8.42 Å². The van der Waals surface area contributed by atoms with Crippen LogP contribution in [0.4, 0.5) is 5.69 Å². The third-order valence-electron chi connectivity index (χ3n) is 2.98. The Bertz CT molecular complexity index is 538. The van der Waals surface area contributed by atoms with Crippen LogP contribution in [0.15, 0.2) is 26.0 Å². The van der Waals surface area contributed by atoms with E-state index in [4.69, 9.17) is 5.73 Å². The lowest BCUT2D eigenvalue weighted by Gasteiger charge is -2.25. The van der Waals surface area contributed by atoms with Crippen LogP contribution in [-0.2, 0) is 10.0 Å². The molecule has 0 spiro atoms. The number of nitrogens with zero attached hydrogens (tertiary/aromatic N) is 1. The smallest absolute Gasteiger partial charge is 0.245 e. The van der Waals surface area contributed by atoms with Gasteiger partial charge in [0.1, 0.15) is 4.90 Å². The van der Waals surface area contributed by atoms with Crippen molar-refractivity contribution in [2.45, 2.75) is 37.6 Å². The van der Waals surface area contributed by atoms with Crippen LogP contribution in [0, 0.1) is 0 Å². The van der Waals surface area contributed by atoms with Crippen LogP contribution in [0.25, 0.3) is 0 Å². The van der Waals surface area contributed by atoms with Crippen molar-refractivity contribution in [1.82, 2.24) is 4.31 Å².